The number of hydrogen-bond donors (Lipinski definition) is 2. The van der Waals surface area contributed by atoms with Crippen molar-refractivity contribution in [3.05, 3.63) is 23.8 Å². The second-order valence-electron chi connectivity index (χ2n) is 4.38. The van der Waals surface area contributed by atoms with E-state index in [4.69, 9.17) is 9.84 Å². The summed E-state index contributed by atoms with van der Waals surface area (Å²) in [7, 11) is 1.65. The van der Waals surface area contributed by atoms with Gasteiger partial charge in [0.2, 0.25) is 0 Å². The van der Waals surface area contributed by atoms with E-state index in [1.54, 1.807) is 7.11 Å². The highest BCUT2D eigenvalue weighted by molar-refractivity contribution is 5.68. The van der Waals surface area contributed by atoms with Gasteiger partial charge in [-0.05, 0) is 30.4 Å². The van der Waals surface area contributed by atoms with Crippen molar-refractivity contribution in [3.8, 4) is 5.75 Å². The first-order chi connectivity index (χ1) is 8.20. The summed E-state index contributed by atoms with van der Waals surface area (Å²) in [6.07, 6.45) is 1.91. The summed E-state index contributed by atoms with van der Waals surface area (Å²) >= 11 is 0. The molecule has 0 saturated heterocycles. The minimum absolute atomic E-state index is 0.202. The highest BCUT2D eigenvalue weighted by atomic mass is 16.5. The van der Waals surface area contributed by atoms with Crippen LogP contribution in [-0.4, -0.2) is 24.7 Å². The second-order valence-corrected chi connectivity index (χ2v) is 4.38. The number of carbonyl (C=O) groups is 1. The van der Waals surface area contributed by atoms with Gasteiger partial charge in [0.25, 0.3) is 0 Å². The number of rotatable bonds is 3. The number of nitrogens with one attached hydrogen (secondary N) is 1. The van der Waals surface area contributed by atoms with Crippen LogP contribution in [0.2, 0.25) is 0 Å². The fourth-order valence-electron chi connectivity index (χ4n) is 2.35. The van der Waals surface area contributed by atoms with Crippen molar-refractivity contribution in [2.45, 2.75) is 19.3 Å². The van der Waals surface area contributed by atoms with Crippen LogP contribution in [0.3, 0.4) is 0 Å². The van der Waals surface area contributed by atoms with Crippen LogP contribution in [0.5, 0.6) is 5.75 Å². The Morgan fingerprint density at radius 1 is 1.59 bits per heavy atom. The van der Waals surface area contributed by atoms with Crippen LogP contribution < -0.4 is 10.1 Å². The molecular formula is C13H17NO3. The van der Waals surface area contributed by atoms with Crippen LogP contribution in [0.4, 0.5) is 5.69 Å². The van der Waals surface area contributed by atoms with Gasteiger partial charge in [0.05, 0.1) is 12.8 Å². The van der Waals surface area contributed by atoms with E-state index in [-0.39, 0.29) is 12.3 Å². The molecule has 1 aliphatic rings. The van der Waals surface area contributed by atoms with Gasteiger partial charge >= 0.3 is 5.97 Å². The Labute approximate surface area is 101 Å². The van der Waals surface area contributed by atoms with Gasteiger partial charge in [-0.1, -0.05) is 12.1 Å². The molecule has 1 atom stereocenters. The summed E-state index contributed by atoms with van der Waals surface area (Å²) in [5.41, 5.74) is 2.16. The number of carboxylic acid groups (broad SMARTS) is 1. The van der Waals surface area contributed by atoms with E-state index in [0.29, 0.717) is 0 Å². The third-order valence-corrected chi connectivity index (χ3v) is 3.16. The van der Waals surface area contributed by atoms with Gasteiger partial charge in [-0.25, -0.2) is 0 Å². The molecule has 0 fully saturated rings. The van der Waals surface area contributed by atoms with Crippen LogP contribution in [-0.2, 0) is 11.2 Å². The van der Waals surface area contributed by atoms with Crippen LogP contribution >= 0.6 is 0 Å². The zero-order valence-electron chi connectivity index (χ0n) is 9.90. The highest BCUT2D eigenvalue weighted by Crippen LogP contribution is 2.33. The fourth-order valence-corrected chi connectivity index (χ4v) is 2.35. The average molecular weight is 235 g/mol. The monoisotopic (exact) mass is 235 g/mol. The SMILES string of the molecule is COc1cccc2c1NCCC(CC(=O)O)C2. The van der Waals surface area contributed by atoms with Crippen LogP contribution in [0, 0.1) is 5.92 Å². The van der Waals surface area contributed by atoms with Gasteiger partial charge in [0.15, 0.2) is 0 Å². The van der Waals surface area contributed by atoms with Crippen molar-refractivity contribution in [1.82, 2.24) is 0 Å². The molecule has 0 aliphatic carbocycles. The van der Waals surface area contributed by atoms with Crippen LogP contribution in [0.25, 0.3) is 0 Å². The number of aliphatic carboxylic acids is 1. The van der Waals surface area contributed by atoms with Gasteiger partial charge in [-0.15, -0.1) is 0 Å². The molecule has 4 heteroatoms. The van der Waals surface area contributed by atoms with Crippen molar-refractivity contribution >= 4 is 11.7 Å². The Hall–Kier alpha value is -1.71. The third-order valence-electron chi connectivity index (χ3n) is 3.16. The minimum atomic E-state index is -0.721. The molecule has 0 amide bonds. The number of anilines is 1. The fraction of sp³-hybridized carbons (Fsp3) is 0.462. The Kier molecular flexibility index (Phi) is 3.52. The first-order valence-electron chi connectivity index (χ1n) is 5.82. The molecule has 1 unspecified atom stereocenters. The van der Waals surface area contributed by atoms with Gasteiger partial charge in [0, 0.05) is 13.0 Å². The third kappa shape index (κ3) is 2.70. The lowest BCUT2D eigenvalue weighted by Gasteiger charge is -2.13. The molecule has 0 aromatic heterocycles. The van der Waals surface area contributed by atoms with E-state index in [1.807, 2.05) is 18.2 Å². The summed E-state index contributed by atoms with van der Waals surface area (Å²) in [5.74, 6) is 0.313. The summed E-state index contributed by atoms with van der Waals surface area (Å²) in [5, 5.41) is 12.2. The van der Waals surface area contributed by atoms with E-state index >= 15 is 0 Å². The molecule has 1 aliphatic heterocycles. The first kappa shape index (κ1) is 11.8. The number of hydrogen-bond acceptors (Lipinski definition) is 3. The van der Waals surface area contributed by atoms with E-state index in [1.165, 1.54) is 0 Å². The summed E-state index contributed by atoms with van der Waals surface area (Å²) in [6, 6.07) is 5.90. The Morgan fingerprint density at radius 2 is 2.41 bits per heavy atom. The van der Waals surface area contributed by atoms with Crippen molar-refractivity contribution in [3.63, 3.8) is 0 Å². The highest BCUT2D eigenvalue weighted by Gasteiger charge is 2.20. The predicted molar refractivity (Wildman–Crippen MR) is 65.5 cm³/mol. The maximum atomic E-state index is 10.8. The van der Waals surface area contributed by atoms with Crippen molar-refractivity contribution in [2.24, 2.45) is 5.92 Å². The summed E-state index contributed by atoms with van der Waals surface area (Å²) in [6.45, 7) is 0.797. The summed E-state index contributed by atoms with van der Waals surface area (Å²) in [4.78, 5) is 10.8. The lowest BCUT2D eigenvalue weighted by atomic mass is 9.94. The van der Waals surface area contributed by atoms with Crippen molar-refractivity contribution in [2.75, 3.05) is 19.0 Å². The largest absolute Gasteiger partial charge is 0.495 e. The molecule has 0 radical (unpaired) electrons. The van der Waals surface area contributed by atoms with E-state index in [2.05, 4.69) is 5.32 Å². The Morgan fingerprint density at radius 3 is 3.12 bits per heavy atom. The normalized spacial score (nSPS) is 18.8. The molecular weight excluding hydrogens is 218 g/mol. The zero-order valence-corrected chi connectivity index (χ0v) is 9.90. The maximum Gasteiger partial charge on any atom is 0.303 e. The number of carboxylic acids is 1. The number of fused-ring (bicyclic) bond motifs is 1. The number of benzene rings is 1. The lowest BCUT2D eigenvalue weighted by Crippen LogP contribution is -2.11. The topological polar surface area (TPSA) is 58.6 Å². The van der Waals surface area contributed by atoms with E-state index in [9.17, 15) is 4.79 Å². The van der Waals surface area contributed by atoms with E-state index in [0.717, 1.165) is 36.4 Å². The molecule has 1 aromatic rings. The summed E-state index contributed by atoms with van der Waals surface area (Å²) < 4.78 is 5.31. The van der Waals surface area contributed by atoms with Crippen LogP contribution in [0.1, 0.15) is 18.4 Å². The average Bonchev–Trinajstić information content (AvgIpc) is 2.49. The lowest BCUT2D eigenvalue weighted by molar-refractivity contribution is -0.138. The number of methoxy groups -OCH3 is 1. The molecule has 0 saturated carbocycles. The maximum absolute atomic E-state index is 10.8. The van der Waals surface area contributed by atoms with Gasteiger partial charge in [-0.2, -0.15) is 0 Å². The first-order valence-corrected chi connectivity index (χ1v) is 5.82. The molecule has 4 nitrogen and oxygen atoms in total. The van der Waals surface area contributed by atoms with Gasteiger partial charge in [-0.3, -0.25) is 4.79 Å². The number of ether oxygens (including phenoxy) is 1. The molecule has 2 N–H and O–H groups in total. The molecule has 0 bridgehead atoms. The quantitative estimate of drug-likeness (QED) is 0.842. The zero-order chi connectivity index (χ0) is 12.3. The van der Waals surface area contributed by atoms with Crippen molar-refractivity contribution in [1.29, 1.82) is 0 Å². The van der Waals surface area contributed by atoms with Gasteiger partial charge < -0.3 is 15.2 Å². The van der Waals surface area contributed by atoms with Crippen molar-refractivity contribution < 1.29 is 14.6 Å². The van der Waals surface area contributed by atoms with Gasteiger partial charge in [0.1, 0.15) is 5.75 Å². The standard InChI is InChI=1S/C13H17NO3/c1-17-11-4-2-3-10-7-9(8-12(15)16)5-6-14-13(10)11/h2-4,9,14H,5-8H2,1H3,(H,15,16). The van der Waals surface area contributed by atoms with Crippen LogP contribution in [0.15, 0.2) is 18.2 Å². The molecule has 1 aromatic carbocycles. The molecule has 0 spiro atoms. The molecule has 92 valence electrons. The molecule has 2 rings (SSSR count). The second kappa shape index (κ2) is 5.08. The number of para-hydroxylation sites is 1. The smallest absolute Gasteiger partial charge is 0.303 e. The molecule has 17 heavy (non-hydrogen) atoms. The minimum Gasteiger partial charge on any atom is -0.495 e. The van der Waals surface area contributed by atoms with E-state index < -0.39 is 5.97 Å². The Balaban J connectivity index is 2.23. The Bertz CT molecular complexity index is 417. The molecule has 1 heterocycles. The predicted octanol–water partition coefficient (Wildman–Crippen LogP) is 2.14.